The first-order valence-corrected chi connectivity index (χ1v) is 9.19. The SMILES string of the molecule is Cc1ccc(C2=C(c3ccncc3)N=C(c3ccccc3)C2)cc1C(=O)CO. The van der Waals surface area contributed by atoms with Crippen molar-refractivity contribution in [2.45, 2.75) is 13.3 Å². The van der Waals surface area contributed by atoms with E-state index in [2.05, 4.69) is 17.1 Å². The van der Waals surface area contributed by atoms with Gasteiger partial charge in [0, 0.05) is 29.9 Å². The topological polar surface area (TPSA) is 62.5 Å². The zero-order valence-electron chi connectivity index (χ0n) is 15.6. The molecule has 0 spiro atoms. The highest BCUT2D eigenvalue weighted by atomic mass is 16.3. The monoisotopic (exact) mass is 368 g/mol. The van der Waals surface area contributed by atoms with Crippen LogP contribution < -0.4 is 0 Å². The summed E-state index contributed by atoms with van der Waals surface area (Å²) in [6.07, 6.45) is 4.19. The summed E-state index contributed by atoms with van der Waals surface area (Å²) in [7, 11) is 0. The predicted octanol–water partition coefficient (Wildman–Crippen LogP) is 4.33. The van der Waals surface area contributed by atoms with Gasteiger partial charge in [0.1, 0.15) is 6.61 Å². The largest absolute Gasteiger partial charge is 0.388 e. The normalized spacial score (nSPS) is 13.6. The van der Waals surface area contributed by atoms with E-state index in [0.717, 1.165) is 39.2 Å². The molecular weight excluding hydrogens is 348 g/mol. The van der Waals surface area contributed by atoms with E-state index >= 15 is 0 Å². The van der Waals surface area contributed by atoms with Crippen LogP contribution in [0.25, 0.3) is 11.3 Å². The maximum Gasteiger partial charge on any atom is 0.188 e. The Morgan fingerprint density at radius 2 is 1.71 bits per heavy atom. The van der Waals surface area contributed by atoms with Gasteiger partial charge in [-0.3, -0.25) is 14.8 Å². The molecule has 0 saturated carbocycles. The third kappa shape index (κ3) is 3.42. The number of allylic oxidation sites excluding steroid dienone is 1. The Balaban J connectivity index is 1.83. The van der Waals surface area contributed by atoms with Crippen molar-refractivity contribution < 1.29 is 9.90 Å². The Labute approximate surface area is 163 Å². The van der Waals surface area contributed by atoms with Gasteiger partial charge in [0.15, 0.2) is 5.78 Å². The zero-order chi connectivity index (χ0) is 19.5. The molecule has 1 aliphatic rings. The quantitative estimate of drug-likeness (QED) is 0.682. The lowest BCUT2D eigenvalue weighted by Crippen LogP contribution is -2.07. The van der Waals surface area contributed by atoms with Crippen LogP contribution in [-0.4, -0.2) is 28.2 Å². The van der Waals surface area contributed by atoms with Crippen molar-refractivity contribution in [3.63, 3.8) is 0 Å². The Kier molecular flexibility index (Phi) is 4.96. The summed E-state index contributed by atoms with van der Waals surface area (Å²) in [5, 5.41) is 9.30. The number of ketones is 1. The number of carbonyl (C=O) groups is 1. The van der Waals surface area contributed by atoms with Gasteiger partial charge in [0.25, 0.3) is 0 Å². The number of aliphatic hydroxyl groups is 1. The fourth-order valence-corrected chi connectivity index (χ4v) is 3.47. The van der Waals surface area contributed by atoms with Gasteiger partial charge >= 0.3 is 0 Å². The lowest BCUT2D eigenvalue weighted by atomic mass is 9.92. The second-order valence-corrected chi connectivity index (χ2v) is 6.78. The summed E-state index contributed by atoms with van der Waals surface area (Å²) in [5.41, 5.74) is 7.40. The van der Waals surface area contributed by atoms with Crippen LogP contribution in [0.2, 0.25) is 0 Å². The summed E-state index contributed by atoms with van der Waals surface area (Å²) < 4.78 is 0. The number of hydrogen-bond acceptors (Lipinski definition) is 4. The summed E-state index contributed by atoms with van der Waals surface area (Å²) in [4.78, 5) is 21.2. The molecule has 4 rings (SSSR count). The fourth-order valence-electron chi connectivity index (χ4n) is 3.47. The predicted molar refractivity (Wildman–Crippen MR) is 111 cm³/mol. The van der Waals surface area contributed by atoms with E-state index in [1.165, 1.54) is 0 Å². The molecule has 0 aliphatic carbocycles. The molecule has 4 nitrogen and oxygen atoms in total. The highest BCUT2D eigenvalue weighted by molar-refractivity contribution is 6.17. The van der Waals surface area contributed by atoms with Crippen molar-refractivity contribution in [3.05, 3.63) is 101 Å². The molecule has 4 heteroatoms. The van der Waals surface area contributed by atoms with Crippen LogP contribution in [0.4, 0.5) is 0 Å². The number of benzene rings is 2. The van der Waals surface area contributed by atoms with E-state index in [9.17, 15) is 9.90 Å². The molecule has 0 unspecified atom stereocenters. The summed E-state index contributed by atoms with van der Waals surface area (Å²) >= 11 is 0. The third-order valence-electron chi connectivity index (χ3n) is 4.97. The lowest BCUT2D eigenvalue weighted by Gasteiger charge is -2.10. The number of pyridine rings is 1. The maximum absolute atomic E-state index is 12.1. The molecule has 28 heavy (non-hydrogen) atoms. The minimum Gasteiger partial charge on any atom is -0.388 e. The average Bonchev–Trinajstić information content (AvgIpc) is 3.20. The first-order chi connectivity index (χ1) is 13.7. The van der Waals surface area contributed by atoms with Crippen molar-refractivity contribution in [1.29, 1.82) is 0 Å². The molecule has 2 aromatic carbocycles. The van der Waals surface area contributed by atoms with Gasteiger partial charge < -0.3 is 5.11 Å². The Bertz CT molecular complexity index is 1080. The smallest absolute Gasteiger partial charge is 0.188 e. The second-order valence-electron chi connectivity index (χ2n) is 6.78. The molecule has 0 amide bonds. The number of Topliss-reactive ketones (excluding diaryl/α,β-unsaturated/α-hetero) is 1. The molecular formula is C24H20N2O2. The third-order valence-corrected chi connectivity index (χ3v) is 4.97. The van der Waals surface area contributed by atoms with Crippen molar-refractivity contribution in [2.75, 3.05) is 6.61 Å². The van der Waals surface area contributed by atoms with Gasteiger partial charge in [-0.1, -0.05) is 42.5 Å². The van der Waals surface area contributed by atoms with Crippen LogP contribution in [-0.2, 0) is 0 Å². The fraction of sp³-hybridized carbons (Fsp3) is 0.125. The van der Waals surface area contributed by atoms with Crippen LogP contribution in [0.3, 0.4) is 0 Å². The molecule has 1 aliphatic heterocycles. The lowest BCUT2D eigenvalue weighted by molar-refractivity contribution is 0.0903. The highest BCUT2D eigenvalue weighted by Gasteiger charge is 2.22. The Morgan fingerprint density at radius 3 is 2.43 bits per heavy atom. The number of aliphatic hydroxyl groups excluding tert-OH is 1. The van der Waals surface area contributed by atoms with Crippen LogP contribution >= 0.6 is 0 Å². The van der Waals surface area contributed by atoms with Gasteiger partial charge in [-0.2, -0.15) is 0 Å². The van der Waals surface area contributed by atoms with Gasteiger partial charge in [0.2, 0.25) is 0 Å². The number of aliphatic imine (C=N–C) groups is 1. The van der Waals surface area contributed by atoms with E-state index in [4.69, 9.17) is 4.99 Å². The average molecular weight is 368 g/mol. The zero-order valence-corrected chi connectivity index (χ0v) is 15.6. The summed E-state index contributed by atoms with van der Waals surface area (Å²) in [6.45, 7) is 1.39. The van der Waals surface area contributed by atoms with Crippen molar-refractivity contribution in [2.24, 2.45) is 4.99 Å². The second kappa shape index (κ2) is 7.71. The molecule has 0 radical (unpaired) electrons. The van der Waals surface area contributed by atoms with Crippen LogP contribution in [0.5, 0.6) is 0 Å². The van der Waals surface area contributed by atoms with E-state index in [1.807, 2.05) is 55.5 Å². The number of nitrogens with zero attached hydrogens (tertiary/aromatic N) is 2. The first-order valence-electron chi connectivity index (χ1n) is 9.19. The molecule has 0 fully saturated rings. The van der Waals surface area contributed by atoms with Gasteiger partial charge in [-0.25, -0.2) is 0 Å². The van der Waals surface area contributed by atoms with E-state index in [1.54, 1.807) is 12.4 Å². The number of carbonyl (C=O) groups excluding carboxylic acids is 1. The van der Waals surface area contributed by atoms with Gasteiger partial charge in [0.05, 0.1) is 11.4 Å². The maximum atomic E-state index is 12.1. The van der Waals surface area contributed by atoms with E-state index in [0.29, 0.717) is 12.0 Å². The highest BCUT2D eigenvalue weighted by Crippen LogP contribution is 2.37. The minimum atomic E-state index is -0.494. The van der Waals surface area contributed by atoms with Crippen LogP contribution in [0, 0.1) is 6.92 Å². The molecule has 1 aromatic heterocycles. The van der Waals surface area contributed by atoms with Gasteiger partial charge in [-0.05, 0) is 47.4 Å². The number of rotatable bonds is 5. The molecule has 0 bridgehead atoms. The Hall–Kier alpha value is -3.37. The minimum absolute atomic E-state index is 0.271. The Morgan fingerprint density at radius 1 is 0.964 bits per heavy atom. The number of hydrogen-bond donors (Lipinski definition) is 1. The van der Waals surface area contributed by atoms with Gasteiger partial charge in [-0.15, -0.1) is 0 Å². The molecule has 0 saturated heterocycles. The molecule has 3 aromatic rings. The van der Waals surface area contributed by atoms with Crippen LogP contribution in [0.15, 0.2) is 78.0 Å². The molecule has 138 valence electrons. The standard InChI is InChI=1S/C24H20N2O2/c1-16-7-8-19(13-20(16)23(28)15-27)21-14-22(17-5-3-2-4-6-17)26-24(21)18-9-11-25-12-10-18/h2-13,27H,14-15H2,1H3. The van der Waals surface area contributed by atoms with E-state index in [-0.39, 0.29) is 5.78 Å². The number of aromatic nitrogens is 1. The molecule has 0 atom stereocenters. The summed E-state index contributed by atoms with van der Waals surface area (Å²) in [5.74, 6) is -0.271. The number of aryl methyl sites for hydroxylation is 1. The van der Waals surface area contributed by atoms with Crippen LogP contribution in [0.1, 0.15) is 39.0 Å². The van der Waals surface area contributed by atoms with Crippen molar-refractivity contribution in [3.8, 4) is 0 Å². The first kappa shape index (κ1) is 18.0. The molecule has 1 N–H and O–H groups in total. The van der Waals surface area contributed by atoms with Crippen molar-refractivity contribution >= 4 is 22.8 Å². The van der Waals surface area contributed by atoms with E-state index < -0.39 is 6.61 Å². The molecule has 2 heterocycles. The summed E-state index contributed by atoms with van der Waals surface area (Å²) in [6, 6.07) is 19.8. The van der Waals surface area contributed by atoms with Crippen molar-refractivity contribution in [1.82, 2.24) is 4.98 Å².